The maximum absolute atomic E-state index is 13.4. The Hall–Kier alpha value is -3.53. The summed E-state index contributed by atoms with van der Waals surface area (Å²) in [5.74, 6) is 0.0389. The molecule has 4 heteroatoms. The van der Waals surface area contributed by atoms with Crippen molar-refractivity contribution >= 4 is 16.8 Å². The number of carbonyl (C=O) groups is 1. The molecule has 1 unspecified atom stereocenters. The highest BCUT2D eigenvalue weighted by atomic mass is 16.2. The van der Waals surface area contributed by atoms with Crippen LogP contribution in [0, 0.1) is 0 Å². The molecule has 4 aromatic rings. The normalized spacial score (nSPS) is 16.1. The molecule has 4 nitrogen and oxygen atoms in total. The Labute approximate surface area is 176 Å². The maximum atomic E-state index is 13.4. The molecular weight excluding hydrogens is 370 g/mol. The lowest BCUT2D eigenvalue weighted by atomic mass is 10.0. The van der Waals surface area contributed by atoms with Crippen molar-refractivity contribution in [1.82, 2.24) is 14.9 Å². The predicted octanol–water partition coefficient (Wildman–Crippen LogP) is 5.20. The number of fused-ring (bicyclic) bond motifs is 1. The van der Waals surface area contributed by atoms with E-state index in [1.165, 1.54) is 11.1 Å². The fraction of sp³-hybridized carbons (Fsp3) is 0.192. The predicted molar refractivity (Wildman–Crippen MR) is 118 cm³/mol. The second kappa shape index (κ2) is 8.07. The van der Waals surface area contributed by atoms with Crippen LogP contribution >= 0.6 is 0 Å². The third-order valence-corrected chi connectivity index (χ3v) is 5.82. The highest BCUT2D eigenvalue weighted by molar-refractivity contribution is 6.05. The molecule has 0 saturated carbocycles. The molecule has 0 N–H and O–H groups in total. The van der Waals surface area contributed by atoms with Crippen molar-refractivity contribution in [2.45, 2.75) is 25.3 Å². The first-order valence-electron chi connectivity index (χ1n) is 10.4. The Balaban J connectivity index is 1.39. The molecule has 0 bridgehead atoms. The van der Waals surface area contributed by atoms with E-state index in [0.29, 0.717) is 5.56 Å². The van der Waals surface area contributed by atoms with Crippen LogP contribution in [0.25, 0.3) is 10.9 Å². The van der Waals surface area contributed by atoms with Crippen LogP contribution in [0.5, 0.6) is 0 Å². The number of pyridine rings is 2. The molecule has 148 valence electrons. The lowest BCUT2D eigenvalue weighted by Crippen LogP contribution is -2.31. The highest BCUT2D eigenvalue weighted by Gasteiger charge is 2.32. The van der Waals surface area contributed by atoms with Gasteiger partial charge in [0, 0.05) is 24.3 Å². The number of nitrogens with zero attached hydrogens (tertiary/aromatic N) is 3. The number of amides is 1. The standard InChI is InChI=1S/C26H23N3O/c30-26(22-11-4-9-21-10-5-15-27-25(21)22)29-16-6-12-24(29)23-14-13-20(18-28-23)17-19-7-2-1-3-8-19/h1-5,7-11,13-15,18,24H,6,12,16-17H2. The zero-order chi connectivity index (χ0) is 20.3. The molecule has 2 aromatic carbocycles. The number of hydrogen-bond acceptors (Lipinski definition) is 3. The van der Waals surface area contributed by atoms with Gasteiger partial charge < -0.3 is 4.90 Å². The first-order valence-corrected chi connectivity index (χ1v) is 10.4. The number of aromatic nitrogens is 2. The maximum Gasteiger partial charge on any atom is 0.256 e. The average molecular weight is 393 g/mol. The molecule has 1 aliphatic heterocycles. The number of carbonyl (C=O) groups excluding carboxylic acids is 1. The quantitative estimate of drug-likeness (QED) is 0.479. The summed E-state index contributed by atoms with van der Waals surface area (Å²) < 4.78 is 0. The lowest BCUT2D eigenvalue weighted by molar-refractivity contribution is 0.0734. The number of hydrogen-bond donors (Lipinski definition) is 0. The molecule has 30 heavy (non-hydrogen) atoms. The van der Waals surface area contributed by atoms with Gasteiger partial charge >= 0.3 is 0 Å². The van der Waals surface area contributed by atoms with Crippen LogP contribution in [0.2, 0.25) is 0 Å². The van der Waals surface area contributed by atoms with E-state index >= 15 is 0 Å². The smallest absolute Gasteiger partial charge is 0.256 e. The summed E-state index contributed by atoms with van der Waals surface area (Å²) in [5.41, 5.74) is 4.85. The minimum absolute atomic E-state index is 0.0160. The summed E-state index contributed by atoms with van der Waals surface area (Å²) >= 11 is 0. The zero-order valence-corrected chi connectivity index (χ0v) is 16.7. The topological polar surface area (TPSA) is 46.1 Å². The number of para-hydroxylation sites is 1. The van der Waals surface area contributed by atoms with Gasteiger partial charge in [-0.25, -0.2) is 0 Å². The lowest BCUT2D eigenvalue weighted by Gasteiger charge is -2.25. The molecule has 5 rings (SSSR count). The van der Waals surface area contributed by atoms with E-state index in [9.17, 15) is 4.79 Å². The molecule has 1 aliphatic rings. The van der Waals surface area contributed by atoms with Gasteiger partial charge in [-0.15, -0.1) is 0 Å². The summed E-state index contributed by atoms with van der Waals surface area (Å²) in [5, 5.41) is 0.988. The minimum Gasteiger partial charge on any atom is -0.330 e. The van der Waals surface area contributed by atoms with Crippen LogP contribution in [0.4, 0.5) is 0 Å². The Morgan fingerprint density at radius 3 is 2.60 bits per heavy atom. The Kier molecular flexibility index (Phi) is 4.98. The summed E-state index contributed by atoms with van der Waals surface area (Å²) in [7, 11) is 0. The van der Waals surface area contributed by atoms with Crippen molar-refractivity contribution in [3.63, 3.8) is 0 Å². The van der Waals surface area contributed by atoms with E-state index in [1.54, 1.807) is 6.20 Å². The van der Waals surface area contributed by atoms with Gasteiger partial charge in [-0.1, -0.05) is 54.6 Å². The first-order chi connectivity index (χ1) is 14.8. The number of likely N-dealkylation sites (tertiary alicyclic amines) is 1. The minimum atomic E-state index is 0.0160. The van der Waals surface area contributed by atoms with Crippen molar-refractivity contribution < 1.29 is 4.79 Å². The molecule has 1 amide bonds. The second-order valence-electron chi connectivity index (χ2n) is 7.79. The fourth-order valence-corrected chi connectivity index (χ4v) is 4.32. The van der Waals surface area contributed by atoms with Crippen molar-refractivity contribution in [3.05, 3.63) is 108 Å². The van der Waals surface area contributed by atoms with Gasteiger partial charge in [0.25, 0.3) is 5.91 Å². The van der Waals surface area contributed by atoms with Crippen molar-refractivity contribution in [1.29, 1.82) is 0 Å². The van der Waals surface area contributed by atoms with Gasteiger partial charge in [0.05, 0.1) is 22.8 Å². The van der Waals surface area contributed by atoms with E-state index in [0.717, 1.165) is 42.4 Å². The van der Waals surface area contributed by atoms with Crippen LogP contribution in [0.1, 0.15) is 46.1 Å². The molecule has 1 saturated heterocycles. The fourth-order valence-electron chi connectivity index (χ4n) is 4.32. The van der Waals surface area contributed by atoms with Gasteiger partial charge in [-0.3, -0.25) is 14.8 Å². The van der Waals surface area contributed by atoms with Gasteiger partial charge in [0.2, 0.25) is 0 Å². The van der Waals surface area contributed by atoms with E-state index in [-0.39, 0.29) is 11.9 Å². The van der Waals surface area contributed by atoms with Crippen molar-refractivity contribution in [2.24, 2.45) is 0 Å². The SMILES string of the molecule is O=C(c1cccc2cccnc12)N1CCCC1c1ccc(Cc2ccccc2)cn1. The van der Waals surface area contributed by atoms with Crippen LogP contribution in [-0.4, -0.2) is 27.3 Å². The molecule has 1 atom stereocenters. The van der Waals surface area contributed by atoms with Crippen molar-refractivity contribution in [3.8, 4) is 0 Å². The van der Waals surface area contributed by atoms with E-state index in [2.05, 4.69) is 41.4 Å². The van der Waals surface area contributed by atoms with Crippen LogP contribution in [0.15, 0.2) is 85.2 Å². The number of rotatable bonds is 4. The molecule has 0 aliphatic carbocycles. The Morgan fingerprint density at radius 2 is 1.77 bits per heavy atom. The highest BCUT2D eigenvalue weighted by Crippen LogP contribution is 2.33. The van der Waals surface area contributed by atoms with Crippen LogP contribution in [0.3, 0.4) is 0 Å². The van der Waals surface area contributed by atoms with Gasteiger partial charge in [0.15, 0.2) is 0 Å². The van der Waals surface area contributed by atoms with Crippen LogP contribution < -0.4 is 0 Å². The number of benzene rings is 2. The molecule has 3 heterocycles. The average Bonchev–Trinajstić information content (AvgIpc) is 3.29. The van der Waals surface area contributed by atoms with Gasteiger partial charge in [-0.05, 0) is 48.6 Å². The summed E-state index contributed by atoms with van der Waals surface area (Å²) in [4.78, 5) is 24.6. The van der Waals surface area contributed by atoms with Gasteiger partial charge in [0.1, 0.15) is 0 Å². The zero-order valence-electron chi connectivity index (χ0n) is 16.7. The molecule has 1 fully saturated rings. The second-order valence-corrected chi connectivity index (χ2v) is 7.79. The molecular formula is C26H23N3O. The van der Waals surface area contributed by atoms with Crippen molar-refractivity contribution in [2.75, 3.05) is 6.54 Å². The summed E-state index contributed by atoms with van der Waals surface area (Å²) in [6.07, 6.45) is 6.48. The van der Waals surface area contributed by atoms with Crippen LogP contribution in [-0.2, 0) is 6.42 Å². The third-order valence-electron chi connectivity index (χ3n) is 5.82. The Bertz CT molecular complexity index is 1170. The van der Waals surface area contributed by atoms with Gasteiger partial charge in [-0.2, -0.15) is 0 Å². The molecule has 2 aromatic heterocycles. The Morgan fingerprint density at radius 1 is 0.900 bits per heavy atom. The van der Waals surface area contributed by atoms with E-state index in [4.69, 9.17) is 4.98 Å². The largest absolute Gasteiger partial charge is 0.330 e. The summed E-state index contributed by atoms with van der Waals surface area (Å²) in [6, 6.07) is 24.3. The molecule has 0 radical (unpaired) electrons. The molecule has 0 spiro atoms. The third kappa shape index (κ3) is 3.57. The monoisotopic (exact) mass is 393 g/mol. The summed E-state index contributed by atoms with van der Waals surface area (Å²) in [6.45, 7) is 0.750. The van der Waals surface area contributed by atoms with E-state index in [1.807, 2.05) is 47.5 Å². The van der Waals surface area contributed by atoms with E-state index < -0.39 is 0 Å². The first kappa shape index (κ1) is 18.5.